The van der Waals surface area contributed by atoms with Gasteiger partial charge in [-0.25, -0.2) is 9.98 Å². The third kappa shape index (κ3) is 2.96. The monoisotopic (exact) mass is 324 g/mol. The summed E-state index contributed by atoms with van der Waals surface area (Å²) in [7, 11) is 0. The first kappa shape index (κ1) is 15.7. The van der Waals surface area contributed by atoms with Crippen molar-refractivity contribution in [2.75, 3.05) is 0 Å². The number of non-ortho nitro benzene ring substituents is 1. The maximum Gasteiger partial charge on any atom is 0.270 e. The standard InChI is InChI=1S/C17H16N4O3/c1-2-9-20-15-6-4-3-5-14(15)19-17(20)18-11-12-10-13(21(23)24)7-8-16(12)22/h3-8,10-11,22H,2,9H2,1H3/b18-11+. The first-order valence-electron chi connectivity index (χ1n) is 7.57. The minimum absolute atomic E-state index is 0.0671. The number of aliphatic imine (C=N–C) groups is 1. The summed E-state index contributed by atoms with van der Waals surface area (Å²) in [6, 6.07) is 11.5. The lowest BCUT2D eigenvalue weighted by Crippen LogP contribution is -1.96. The number of hydrogen-bond donors (Lipinski definition) is 1. The molecule has 2 aromatic carbocycles. The molecule has 7 heteroatoms. The van der Waals surface area contributed by atoms with Crippen molar-refractivity contribution in [3.05, 3.63) is 58.1 Å². The van der Waals surface area contributed by atoms with E-state index in [0.717, 1.165) is 24.0 Å². The molecule has 0 atom stereocenters. The summed E-state index contributed by atoms with van der Waals surface area (Å²) in [5.74, 6) is 0.437. The van der Waals surface area contributed by atoms with Crippen LogP contribution in [0.15, 0.2) is 47.5 Å². The smallest absolute Gasteiger partial charge is 0.270 e. The van der Waals surface area contributed by atoms with Crippen molar-refractivity contribution in [3.8, 4) is 5.75 Å². The van der Waals surface area contributed by atoms with Crippen LogP contribution in [0.25, 0.3) is 11.0 Å². The van der Waals surface area contributed by atoms with Gasteiger partial charge in [0.25, 0.3) is 5.69 Å². The van der Waals surface area contributed by atoms with Crippen LogP contribution in [0.4, 0.5) is 11.6 Å². The lowest BCUT2D eigenvalue weighted by Gasteiger charge is -2.04. The lowest BCUT2D eigenvalue weighted by atomic mass is 10.2. The first-order valence-corrected chi connectivity index (χ1v) is 7.57. The van der Waals surface area contributed by atoms with Gasteiger partial charge in [-0.1, -0.05) is 19.1 Å². The van der Waals surface area contributed by atoms with E-state index in [9.17, 15) is 15.2 Å². The number of fused-ring (bicyclic) bond motifs is 1. The van der Waals surface area contributed by atoms with Crippen LogP contribution in [0.1, 0.15) is 18.9 Å². The number of nitrogens with zero attached hydrogens (tertiary/aromatic N) is 4. The van der Waals surface area contributed by atoms with Crippen molar-refractivity contribution in [1.82, 2.24) is 9.55 Å². The highest BCUT2D eigenvalue weighted by Gasteiger charge is 2.11. The number of aromatic nitrogens is 2. The molecule has 3 rings (SSSR count). The van der Waals surface area contributed by atoms with E-state index >= 15 is 0 Å². The van der Waals surface area contributed by atoms with Crippen LogP contribution in [-0.4, -0.2) is 25.8 Å². The van der Waals surface area contributed by atoms with E-state index in [-0.39, 0.29) is 17.0 Å². The van der Waals surface area contributed by atoms with Gasteiger partial charge in [-0.2, -0.15) is 0 Å². The molecule has 7 nitrogen and oxygen atoms in total. The van der Waals surface area contributed by atoms with Crippen LogP contribution in [0.5, 0.6) is 5.75 Å². The second-order valence-corrected chi connectivity index (χ2v) is 5.31. The number of nitro benzene ring substituents is 1. The van der Waals surface area contributed by atoms with E-state index in [4.69, 9.17) is 0 Å². The Morgan fingerprint density at radius 3 is 2.88 bits per heavy atom. The highest BCUT2D eigenvalue weighted by atomic mass is 16.6. The molecule has 0 radical (unpaired) electrons. The topological polar surface area (TPSA) is 93.5 Å². The van der Waals surface area contributed by atoms with E-state index in [1.807, 2.05) is 28.8 Å². The van der Waals surface area contributed by atoms with Crippen LogP contribution in [0, 0.1) is 10.1 Å². The Morgan fingerprint density at radius 2 is 2.12 bits per heavy atom. The van der Waals surface area contributed by atoms with Crippen molar-refractivity contribution in [2.45, 2.75) is 19.9 Å². The Kier molecular flexibility index (Phi) is 4.24. The highest BCUT2D eigenvalue weighted by molar-refractivity contribution is 5.87. The van der Waals surface area contributed by atoms with E-state index in [0.29, 0.717) is 5.95 Å². The number of aromatic hydroxyl groups is 1. The molecule has 0 bridgehead atoms. The number of nitro groups is 1. The predicted molar refractivity (Wildman–Crippen MR) is 92.0 cm³/mol. The summed E-state index contributed by atoms with van der Waals surface area (Å²) in [6.45, 7) is 2.82. The van der Waals surface area contributed by atoms with Crippen LogP contribution in [0.3, 0.4) is 0 Å². The summed E-state index contributed by atoms with van der Waals surface area (Å²) in [6.07, 6.45) is 2.32. The molecule has 0 saturated carbocycles. The Labute approximate surface area is 138 Å². The van der Waals surface area contributed by atoms with Gasteiger partial charge >= 0.3 is 0 Å². The number of phenolic OH excluding ortho intramolecular Hbond substituents is 1. The lowest BCUT2D eigenvalue weighted by molar-refractivity contribution is -0.384. The summed E-state index contributed by atoms with van der Waals surface area (Å²) in [4.78, 5) is 19.2. The minimum Gasteiger partial charge on any atom is -0.507 e. The van der Waals surface area contributed by atoms with Gasteiger partial charge in [0.15, 0.2) is 0 Å². The van der Waals surface area contributed by atoms with Crippen molar-refractivity contribution < 1.29 is 10.0 Å². The SMILES string of the molecule is CCCn1c(/N=C/c2cc([N+](=O)[O-])ccc2O)nc2ccccc21. The highest BCUT2D eigenvalue weighted by Crippen LogP contribution is 2.24. The van der Waals surface area contributed by atoms with E-state index in [1.54, 1.807) is 0 Å². The average Bonchev–Trinajstić information content (AvgIpc) is 2.92. The molecule has 1 N–H and O–H groups in total. The fourth-order valence-corrected chi connectivity index (χ4v) is 2.49. The molecule has 0 aliphatic rings. The molecule has 0 saturated heterocycles. The normalized spacial score (nSPS) is 11.4. The second-order valence-electron chi connectivity index (χ2n) is 5.31. The zero-order chi connectivity index (χ0) is 17.1. The molecule has 0 spiro atoms. The molecule has 0 unspecified atom stereocenters. The molecule has 1 aromatic heterocycles. The number of imidazole rings is 1. The van der Waals surface area contributed by atoms with Crippen LogP contribution < -0.4 is 0 Å². The third-order valence-electron chi connectivity index (χ3n) is 3.62. The van der Waals surface area contributed by atoms with Gasteiger partial charge in [0.1, 0.15) is 5.75 Å². The Hall–Kier alpha value is -3.22. The largest absolute Gasteiger partial charge is 0.507 e. The molecule has 0 aliphatic heterocycles. The fraction of sp³-hybridized carbons (Fsp3) is 0.176. The van der Waals surface area contributed by atoms with Crippen LogP contribution in [-0.2, 0) is 6.54 Å². The minimum atomic E-state index is -0.511. The third-order valence-corrected chi connectivity index (χ3v) is 3.62. The van der Waals surface area contributed by atoms with Gasteiger partial charge in [0, 0.05) is 30.5 Å². The predicted octanol–water partition coefficient (Wildman–Crippen LogP) is 3.81. The molecule has 0 fully saturated rings. The molecule has 3 aromatic rings. The van der Waals surface area contributed by atoms with Gasteiger partial charge in [-0.3, -0.25) is 10.1 Å². The van der Waals surface area contributed by atoms with Gasteiger partial charge in [0.2, 0.25) is 5.95 Å². The Balaban J connectivity index is 2.03. The van der Waals surface area contributed by atoms with E-state index < -0.39 is 4.92 Å². The summed E-state index contributed by atoms with van der Waals surface area (Å²) < 4.78 is 1.99. The molecule has 0 aliphatic carbocycles. The fourth-order valence-electron chi connectivity index (χ4n) is 2.49. The van der Waals surface area contributed by atoms with Crippen LogP contribution >= 0.6 is 0 Å². The number of phenols is 1. The van der Waals surface area contributed by atoms with Gasteiger partial charge < -0.3 is 9.67 Å². The van der Waals surface area contributed by atoms with Gasteiger partial charge in [0.05, 0.1) is 16.0 Å². The number of rotatable bonds is 5. The maximum atomic E-state index is 10.9. The number of hydrogen-bond acceptors (Lipinski definition) is 5. The zero-order valence-electron chi connectivity index (χ0n) is 13.1. The van der Waals surface area contributed by atoms with Gasteiger partial charge in [-0.15, -0.1) is 0 Å². The summed E-state index contributed by atoms with van der Waals surface area (Å²) >= 11 is 0. The number of aryl methyl sites for hydroxylation is 1. The van der Waals surface area contributed by atoms with Crippen molar-refractivity contribution in [2.24, 2.45) is 4.99 Å². The van der Waals surface area contributed by atoms with Crippen molar-refractivity contribution in [3.63, 3.8) is 0 Å². The number of para-hydroxylation sites is 2. The zero-order valence-corrected chi connectivity index (χ0v) is 13.1. The van der Waals surface area contributed by atoms with Crippen LogP contribution in [0.2, 0.25) is 0 Å². The van der Waals surface area contributed by atoms with E-state index in [2.05, 4.69) is 16.9 Å². The Morgan fingerprint density at radius 1 is 1.33 bits per heavy atom. The molecular formula is C17H16N4O3. The quantitative estimate of drug-likeness (QED) is 0.438. The molecule has 0 amide bonds. The first-order chi connectivity index (χ1) is 11.6. The summed E-state index contributed by atoms with van der Waals surface area (Å²) in [5.41, 5.74) is 1.99. The second kappa shape index (κ2) is 6.49. The summed E-state index contributed by atoms with van der Waals surface area (Å²) in [5, 5.41) is 20.7. The van der Waals surface area contributed by atoms with Crippen molar-refractivity contribution in [1.29, 1.82) is 0 Å². The molecule has 1 heterocycles. The molecule has 24 heavy (non-hydrogen) atoms. The number of benzene rings is 2. The Bertz CT molecular complexity index is 931. The average molecular weight is 324 g/mol. The molecule has 122 valence electrons. The van der Waals surface area contributed by atoms with Crippen molar-refractivity contribution >= 4 is 28.9 Å². The maximum absolute atomic E-state index is 10.9. The van der Waals surface area contributed by atoms with Gasteiger partial charge in [-0.05, 0) is 24.6 Å². The van der Waals surface area contributed by atoms with E-state index in [1.165, 1.54) is 24.4 Å². The molecular weight excluding hydrogens is 308 g/mol.